The Bertz CT molecular complexity index is 413. The van der Waals surface area contributed by atoms with Gasteiger partial charge in [0.25, 0.3) is 0 Å². The van der Waals surface area contributed by atoms with E-state index in [0.717, 1.165) is 12.1 Å². The van der Waals surface area contributed by atoms with Crippen molar-refractivity contribution >= 4 is 12.6 Å². The number of hydrogen-bond acceptors (Lipinski definition) is 4. The van der Waals surface area contributed by atoms with E-state index in [-0.39, 0.29) is 16.6 Å². The molecular formula is C8H4BFN2O2. The molecule has 0 heterocycles. The van der Waals surface area contributed by atoms with Crippen molar-refractivity contribution in [1.29, 1.82) is 10.5 Å². The quantitative estimate of drug-likeness (QED) is 0.570. The average molecular weight is 190 g/mol. The van der Waals surface area contributed by atoms with Gasteiger partial charge in [-0.2, -0.15) is 10.5 Å². The lowest BCUT2D eigenvalue weighted by atomic mass is 9.78. The summed E-state index contributed by atoms with van der Waals surface area (Å²) in [6.45, 7) is 0. The normalized spacial score (nSPS) is 8.93. The molecule has 1 rings (SSSR count). The summed E-state index contributed by atoms with van der Waals surface area (Å²) in [7, 11) is -1.82. The van der Waals surface area contributed by atoms with Crippen molar-refractivity contribution < 1.29 is 14.4 Å². The highest BCUT2D eigenvalue weighted by atomic mass is 19.1. The fraction of sp³-hybridized carbons (Fsp3) is 0. The largest absolute Gasteiger partial charge is 0.488 e. The molecule has 14 heavy (non-hydrogen) atoms. The molecule has 0 atom stereocenters. The van der Waals surface area contributed by atoms with Crippen LogP contribution in [-0.4, -0.2) is 17.2 Å². The van der Waals surface area contributed by atoms with Crippen molar-refractivity contribution in [3.05, 3.63) is 29.1 Å². The maximum absolute atomic E-state index is 13.1. The highest BCUT2D eigenvalue weighted by molar-refractivity contribution is 6.58. The van der Waals surface area contributed by atoms with E-state index in [2.05, 4.69) is 0 Å². The molecule has 0 aromatic heterocycles. The minimum Gasteiger partial charge on any atom is -0.423 e. The second-order valence-electron chi connectivity index (χ2n) is 2.53. The highest BCUT2D eigenvalue weighted by Crippen LogP contribution is 2.09. The van der Waals surface area contributed by atoms with Gasteiger partial charge in [-0.1, -0.05) is 0 Å². The highest BCUT2D eigenvalue weighted by Gasteiger charge is 2.17. The summed E-state index contributed by atoms with van der Waals surface area (Å²) in [5.74, 6) is -0.945. The summed E-state index contributed by atoms with van der Waals surface area (Å²) in [5, 5.41) is 34.5. The first-order chi connectivity index (χ1) is 6.60. The summed E-state index contributed by atoms with van der Waals surface area (Å²) in [6.07, 6.45) is 0. The molecule has 0 radical (unpaired) electrons. The Balaban J connectivity index is 3.44. The predicted octanol–water partition coefficient (Wildman–Crippen LogP) is -0.751. The second kappa shape index (κ2) is 3.88. The standard InChI is InChI=1S/C8H4BFN2O2/c10-8-5(3-11)1-7(9(13)14)2-6(8)4-12/h1-2,13-14H. The third kappa shape index (κ3) is 1.72. The van der Waals surface area contributed by atoms with Gasteiger partial charge >= 0.3 is 7.12 Å². The van der Waals surface area contributed by atoms with Gasteiger partial charge in [0, 0.05) is 0 Å². The van der Waals surface area contributed by atoms with Gasteiger partial charge in [0.15, 0.2) is 5.82 Å². The zero-order valence-corrected chi connectivity index (χ0v) is 6.90. The average Bonchev–Trinajstić information content (AvgIpc) is 2.17. The topological polar surface area (TPSA) is 88.0 Å². The molecule has 4 nitrogen and oxygen atoms in total. The van der Waals surface area contributed by atoms with Gasteiger partial charge in [-0.25, -0.2) is 4.39 Å². The van der Waals surface area contributed by atoms with Crippen LogP contribution < -0.4 is 5.46 Å². The Kier molecular flexibility index (Phi) is 2.83. The molecule has 0 aliphatic carbocycles. The van der Waals surface area contributed by atoms with E-state index in [1.165, 1.54) is 12.1 Å². The molecule has 0 unspecified atom stereocenters. The number of nitrogens with zero attached hydrogens (tertiary/aromatic N) is 2. The minimum absolute atomic E-state index is 0.0838. The summed E-state index contributed by atoms with van der Waals surface area (Å²) in [5.41, 5.74) is -0.848. The molecule has 0 bridgehead atoms. The molecule has 1 aromatic carbocycles. The van der Waals surface area contributed by atoms with Crippen LogP contribution in [0.2, 0.25) is 0 Å². The van der Waals surface area contributed by atoms with Crippen molar-refractivity contribution in [2.45, 2.75) is 0 Å². The predicted molar refractivity (Wildman–Crippen MR) is 45.7 cm³/mol. The maximum atomic E-state index is 13.1. The zero-order valence-electron chi connectivity index (χ0n) is 6.90. The van der Waals surface area contributed by atoms with Crippen LogP contribution in [0, 0.1) is 28.5 Å². The van der Waals surface area contributed by atoms with Crippen LogP contribution in [0.4, 0.5) is 4.39 Å². The lowest BCUT2D eigenvalue weighted by molar-refractivity contribution is 0.425. The lowest BCUT2D eigenvalue weighted by Gasteiger charge is -2.02. The van der Waals surface area contributed by atoms with Gasteiger partial charge in [-0.05, 0) is 17.6 Å². The van der Waals surface area contributed by atoms with Crippen LogP contribution in [-0.2, 0) is 0 Å². The van der Waals surface area contributed by atoms with Crippen LogP contribution in [0.3, 0.4) is 0 Å². The van der Waals surface area contributed by atoms with Gasteiger partial charge in [0.1, 0.15) is 12.1 Å². The summed E-state index contributed by atoms with van der Waals surface area (Å²) in [6, 6.07) is 5.01. The molecule has 0 saturated heterocycles. The van der Waals surface area contributed by atoms with Gasteiger partial charge in [-0.15, -0.1) is 0 Å². The van der Waals surface area contributed by atoms with Crippen LogP contribution >= 0.6 is 0 Å². The van der Waals surface area contributed by atoms with Crippen molar-refractivity contribution in [3.63, 3.8) is 0 Å². The van der Waals surface area contributed by atoms with E-state index >= 15 is 0 Å². The monoisotopic (exact) mass is 190 g/mol. The molecule has 0 spiro atoms. The van der Waals surface area contributed by atoms with Crippen LogP contribution in [0.15, 0.2) is 12.1 Å². The van der Waals surface area contributed by atoms with Crippen molar-refractivity contribution in [2.75, 3.05) is 0 Å². The number of rotatable bonds is 1. The summed E-state index contributed by atoms with van der Waals surface area (Å²) in [4.78, 5) is 0. The maximum Gasteiger partial charge on any atom is 0.488 e. The number of benzene rings is 1. The molecule has 0 aliphatic rings. The van der Waals surface area contributed by atoms with E-state index in [9.17, 15) is 4.39 Å². The second-order valence-corrected chi connectivity index (χ2v) is 2.53. The van der Waals surface area contributed by atoms with E-state index in [4.69, 9.17) is 20.6 Å². The Labute approximate surface area is 79.6 Å². The Morgan fingerprint density at radius 2 is 1.57 bits per heavy atom. The summed E-state index contributed by atoms with van der Waals surface area (Å²) < 4.78 is 13.1. The van der Waals surface area contributed by atoms with E-state index in [0.29, 0.717) is 0 Å². The smallest absolute Gasteiger partial charge is 0.423 e. The SMILES string of the molecule is N#Cc1cc(B(O)O)cc(C#N)c1F. The molecule has 0 saturated carbocycles. The van der Waals surface area contributed by atoms with Crippen molar-refractivity contribution in [3.8, 4) is 12.1 Å². The minimum atomic E-state index is -1.82. The van der Waals surface area contributed by atoms with E-state index in [1.54, 1.807) is 0 Å². The molecule has 2 N–H and O–H groups in total. The number of halogens is 1. The Morgan fingerprint density at radius 3 is 1.86 bits per heavy atom. The molecule has 6 heteroatoms. The van der Waals surface area contributed by atoms with E-state index < -0.39 is 12.9 Å². The molecule has 0 aliphatic heterocycles. The molecule has 0 amide bonds. The molecular weight excluding hydrogens is 186 g/mol. The summed E-state index contributed by atoms with van der Waals surface area (Å²) >= 11 is 0. The van der Waals surface area contributed by atoms with Gasteiger partial charge < -0.3 is 10.0 Å². The van der Waals surface area contributed by atoms with Crippen LogP contribution in [0.1, 0.15) is 11.1 Å². The Morgan fingerprint density at radius 1 is 1.14 bits per heavy atom. The number of hydrogen-bond donors (Lipinski definition) is 2. The first-order valence-corrected chi connectivity index (χ1v) is 3.60. The first-order valence-electron chi connectivity index (χ1n) is 3.60. The zero-order chi connectivity index (χ0) is 10.7. The van der Waals surface area contributed by atoms with E-state index in [1.807, 2.05) is 0 Å². The van der Waals surface area contributed by atoms with Gasteiger partial charge in [-0.3, -0.25) is 0 Å². The molecule has 0 fully saturated rings. The number of nitriles is 2. The van der Waals surface area contributed by atoms with Crippen LogP contribution in [0.25, 0.3) is 0 Å². The van der Waals surface area contributed by atoms with Gasteiger partial charge in [0.2, 0.25) is 0 Å². The van der Waals surface area contributed by atoms with Crippen molar-refractivity contribution in [1.82, 2.24) is 0 Å². The molecule has 1 aromatic rings. The third-order valence-corrected chi connectivity index (χ3v) is 1.63. The molecule has 68 valence electrons. The van der Waals surface area contributed by atoms with Crippen molar-refractivity contribution in [2.24, 2.45) is 0 Å². The van der Waals surface area contributed by atoms with Crippen LogP contribution in [0.5, 0.6) is 0 Å². The Hall–Kier alpha value is -1.89. The third-order valence-electron chi connectivity index (χ3n) is 1.63. The first kappa shape index (κ1) is 10.2. The fourth-order valence-corrected chi connectivity index (χ4v) is 0.959. The van der Waals surface area contributed by atoms with Gasteiger partial charge in [0.05, 0.1) is 11.1 Å². The lowest BCUT2D eigenvalue weighted by Crippen LogP contribution is -2.30. The fourth-order valence-electron chi connectivity index (χ4n) is 0.959.